The van der Waals surface area contributed by atoms with E-state index in [1.54, 1.807) is 7.11 Å². The molecule has 2 fully saturated rings. The Balaban J connectivity index is 1.56. The Morgan fingerprint density at radius 3 is 2.88 bits per heavy atom. The molecular formula is C19H26N2O3. The summed E-state index contributed by atoms with van der Waals surface area (Å²) in [6, 6.07) is 6.96. The standard InChI is InChI=1S/C19H26N2O3/c1-20(14-4-3-5-14)19(22)21-10-11-24-18-16-8-7-15(23-2)12-13(16)6-9-17(18)21/h7-8,12,14,17-18H,3-6,9-11H2,1-2H3. The van der Waals surface area contributed by atoms with Crippen LogP contribution in [0.4, 0.5) is 4.79 Å². The van der Waals surface area contributed by atoms with Gasteiger partial charge in [-0.15, -0.1) is 0 Å². The highest BCUT2D eigenvalue weighted by Crippen LogP contribution is 2.39. The summed E-state index contributed by atoms with van der Waals surface area (Å²) in [5, 5.41) is 0. The Bertz CT molecular complexity index is 629. The van der Waals surface area contributed by atoms with Crippen LogP contribution in [0.3, 0.4) is 0 Å². The zero-order valence-corrected chi connectivity index (χ0v) is 14.5. The predicted molar refractivity (Wildman–Crippen MR) is 91.3 cm³/mol. The number of nitrogens with zero attached hydrogens (tertiary/aromatic N) is 2. The van der Waals surface area contributed by atoms with Crippen molar-refractivity contribution in [2.75, 3.05) is 27.3 Å². The lowest BCUT2D eigenvalue weighted by Crippen LogP contribution is -2.57. The highest BCUT2D eigenvalue weighted by molar-refractivity contribution is 5.75. The van der Waals surface area contributed by atoms with Gasteiger partial charge in [-0.3, -0.25) is 0 Å². The summed E-state index contributed by atoms with van der Waals surface area (Å²) < 4.78 is 11.4. The van der Waals surface area contributed by atoms with Gasteiger partial charge in [0.05, 0.1) is 19.8 Å². The second-order valence-corrected chi connectivity index (χ2v) is 7.13. The van der Waals surface area contributed by atoms with Crippen molar-refractivity contribution in [2.24, 2.45) is 0 Å². The number of benzene rings is 1. The molecule has 3 aliphatic rings. The summed E-state index contributed by atoms with van der Waals surface area (Å²) in [4.78, 5) is 17.0. The van der Waals surface area contributed by atoms with Gasteiger partial charge in [0.2, 0.25) is 0 Å². The van der Waals surface area contributed by atoms with Crippen molar-refractivity contribution in [1.29, 1.82) is 0 Å². The van der Waals surface area contributed by atoms with Crippen molar-refractivity contribution in [3.63, 3.8) is 0 Å². The number of methoxy groups -OCH3 is 1. The summed E-state index contributed by atoms with van der Waals surface area (Å²) >= 11 is 0. The predicted octanol–water partition coefficient (Wildman–Crippen LogP) is 2.99. The van der Waals surface area contributed by atoms with Crippen LogP contribution < -0.4 is 4.74 Å². The Morgan fingerprint density at radius 2 is 2.17 bits per heavy atom. The topological polar surface area (TPSA) is 42.0 Å². The van der Waals surface area contributed by atoms with E-state index in [-0.39, 0.29) is 18.2 Å². The molecule has 2 amide bonds. The van der Waals surface area contributed by atoms with E-state index < -0.39 is 0 Å². The largest absolute Gasteiger partial charge is 0.497 e. The van der Waals surface area contributed by atoms with E-state index in [0.717, 1.165) is 31.4 Å². The fraction of sp³-hybridized carbons (Fsp3) is 0.632. The lowest BCUT2D eigenvalue weighted by atomic mass is 9.84. The van der Waals surface area contributed by atoms with Crippen LogP contribution in [-0.2, 0) is 11.2 Å². The van der Waals surface area contributed by atoms with Gasteiger partial charge in [-0.2, -0.15) is 0 Å². The fourth-order valence-corrected chi connectivity index (χ4v) is 4.20. The van der Waals surface area contributed by atoms with E-state index >= 15 is 0 Å². The lowest BCUT2D eigenvalue weighted by molar-refractivity contribution is -0.0687. The van der Waals surface area contributed by atoms with Crippen LogP contribution in [0.25, 0.3) is 0 Å². The van der Waals surface area contributed by atoms with Crippen molar-refractivity contribution in [2.45, 2.75) is 50.3 Å². The molecule has 0 spiro atoms. The minimum Gasteiger partial charge on any atom is -0.497 e. The Hall–Kier alpha value is -1.75. The van der Waals surface area contributed by atoms with Gasteiger partial charge in [-0.25, -0.2) is 4.79 Å². The molecule has 130 valence electrons. The van der Waals surface area contributed by atoms with E-state index in [9.17, 15) is 4.79 Å². The molecule has 0 bridgehead atoms. The van der Waals surface area contributed by atoms with Crippen LogP contribution >= 0.6 is 0 Å². The van der Waals surface area contributed by atoms with Crippen LogP contribution in [0.1, 0.15) is 42.9 Å². The average Bonchev–Trinajstić information content (AvgIpc) is 2.58. The molecule has 1 aliphatic heterocycles. The van der Waals surface area contributed by atoms with E-state index in [4.69, 9.17) is 9.47 Å². The third kappa shape index (κ3) is 2.55. The normalized spacial score (nSPS) is 26.2. The lowest BCUT2D eigenvalue weighted by Gasteiger charge is -2.47. The summed E-state index contributed by atoms with van der Waals surface area (Å²) in [6.45, 7) is 1.30. The molecule has 4 rings (SSSR count). The van der Waals surface area contributed by atoms with Gasteiger partial charge in [-0.05, 0) is 55.4 Å². The SMILES string of the molecule is COc1ccc2c(c1)CCC1C2OCCN1C(=O)N(C)C1CCC1. The molecule has 2 unspecified atom stereocenters. The third-order valence-electron chi connectivity index (χ3n) is 5.92. The molecule has 1 saturated carbocycles. The molecule has 5 heteroatoms. The van der Waals surface area contributed by atoms with E-state index in [1.807, 2.05) is 18.0 Å². The van der Waals surface area contributed by atoms with Gasteiger partial charge in [0, 0.05) is 19.6 Å². The first kappa shape index (κ1) is 15.8. The maximum Gasteiger partial charge on any atom is 0.320 e. The van der Waals surface area contributed by atoms with Crippen LogP contribution in [-0.4, -0.2) is 55.2 Å². The number of rotatable bonds is 2. The number of ether oxygens (including phenoxy) is 2. The summed E-state index contributed by atoms with van der Waals surface area (Å²) in [6.07, 6.45) is 5.44. The summed E-state index contributed by atoms with van der Waals surface area (Å²) in [5.74, 6) is 0.889. The van der Waals surface area contributed by atoms with Crippen LogP contribution in [0.5, 0.6) is 5.75 Å². The van der Waals surface area contributed by atoms with Crippen LogP contribution in [0, 0.1) is 0 Å². The minimum absolute atomic E-state index is 0.00727. The summed E-state index contributed by atoms with van der Waals surface area (Å²) in [7, 11) is 3.65. The second kappa shape index (κ2) is 6.28. The number of aryl methyl sites for hydroxylation is 1. The smallest absolute Gasteiger partial charge is 0.320 e. The molecular weight excluding hydrogens is 304 g/mol. The Morgan fingerprint density at radius 1 is 1.33 bits per heavy atom. The van der Waals surface area contributed by atoms with Gasteiger partial charge in [-0.1, -0.05) is 6.07 Å². The minimum atomic E-state index is -0.00727. The number of urea groups is 1. The van der Waals surface area contributed by atoms with Crippen LogP contribution in [0.2, 0.25) is 0 Å². The molecule has 0 N–H and O–H groups in total. The molecule has 2 aliphatic carbocycles. The highest BCUT2D eigenvalue weighted by atomic mass is 16.5. The first-order valence-electron chi connectivity index (χ1n) is 9.01. The van der Waals surface area contributed by atoms with Crippen molar-refractivity contribution in [3.05, 3.63) is 29.3 Å². The number of amides is 2. The number of hydrogen-bond donors (Lipinski definition) is 0. The van der Waals surface area contributed by atoms with E-state index in [1.165, 1.54) is 17.5 Å². The van der Waals surface area contributed by atoms with Gasteiger partial charge in [0.1, 0.15) is 11.9 Å². The van der Waals surface area contributed by atoms with Crippen molar-refractivity contribution in [3.8, 4) is 5.75 Å². The number of carbonyl (C=O) groups is 1. The maximum atomic E-state index is 13.0. The van der Waals surface area contributed by atoms with Crippen molar-refractivity contribution in [1.82, 2.24) is 9.80 Å². The van der Waals surface area contributed by atoms with E-state index in [0.29, 0.717) is 19.2 Å². The molecule has 0 aromatic heterocycles. The fourth-order valence-electron chi connectivity index (χ4n) is 4.20. The molecule has 0 radical (unpaired) electrons. The zero-order chi connectivity index (χ0) is 16.7. The van der Waals surface area contributed by atoms with Gasteiger partial charge in [0.25, 0.3) is 0 Å². The number of hydrogen-bond acceptors (Lipinski definition) is 3. The zero-order valence-electron chi connectivity index (χ0n) is 14.5. The summed E-state index contributed by atoms with van der Waals surface area (Å²) in [5.41, 5.74) is 2.51. The van der Waals surface area contributed by atoms with Crippen molar-refractivity contribution < 1.29 is 14.3 Å². The number of carbonyl (C=O) groups excluding carboxylic acids is 1. The molecule has 1 saturated heterocycles. The molecule has 5 nitrogen and oxygen atoms in total. The highest BCUT2D eigenvalue weighted by Gasteiger charge is 2.41. The number of morpholine rings is 1. The van der Waals surface area contributed by atoms with Gasteiger partial charge < -0.3 is 19.3 Å². The number of fused-ring (bicyclic) bond motifs is 3. The monoisotopic (exact) mass is 330 g/mol. The molecule has 24 heavy (non-hydrogen) atoms. The first-order chi connectivity index (χ1) is 11.7. The second-order valence-electron chi connectivity index (χ2n) is 7.13. The molecule has 1 heterocycles. The van der Waals surface area contributed by atoms with Gasteiger partial charge in [0.15, 0.2) is 0 Å². The Labute approximate surface area is 143 Å². The van der Waals surface area contributed by atoms with Gasteiger partial charge >= 0.3 is 6.03 Å². The average molecular weight is 330 g/mol. The third-order valence-corrected chi connectivity index (χ3v) is 5.92. The maximum absolute atomic E-state index is 13.0. The first-order valence-corrected chi connectivity index (χ1v) is 9.01. The molecule has 2 atom stereocenters. The van der Waals surface area contributed by atoms with Crippen molar-refractivity contribution >= 4 is 6.03 Å². The van der Waals surface area contributed by atoms with E-state index in [2.05, 4.69) is 17.0 Å². The quantitative estimate of drug-likeness (QED) is 0.837. The molecule has 1 aromatic rings. The molecule has 1 aromatic carbocycles. The Kier molecular flexibility index (Phi) is 4.12. The van der Waals surface area contributed by atoms with Crippen LogP contribution in [0.15, 0.2) is 18.2 Å².